The maximum atomic E-state index is 12.4. The number of epoxide rings is 1. The first-order valence-corrected chi connectivity index (χ1v) is 15.1. The predicted molar refractivity (Wildman–Crippen MR) is 141 cm³/mol. The van der Waals surface area contributed by atoms with Gasteiger partial charge in [-0.1, -0.05) is 47.0 Å². The van der Waals surface area contributed by atoms with Crippen LogP contribution in [0.5, 0.6) is 0 Å². The summed E-state index contributed by atoms with van der Waals surface area (Å²) in [7, 11) is 0. The Morgan fingerprint density at radius 3 is 2.27 bits per heavy atom. The maximum Gasteiger partial charge on any atom is 0.331 e. The minimum Gasteiger partial charge on any atom is -0.481 e. The summed E-state index contributed by atoms with van der Waals surface area (Å²) in [6.45, 7) is 10.9. The van der Waals surface area contributed by atoms with Crippen molar-refractivity contribution in [3.8, 4) is 0 Å². The third-order valence-electron chi connectivity index (χ3n) is 13.1. The summed E-state index contributed by atoms with van der Waals surface area (Å²) in [6.07, 6.45) is 15.2. The maximum absolute atomic E-state index is 12.4. The fourth-order valence-corrected chi connectivity index (χ4v) is 11.0. The minimum atomic E-state index is -0.592. The Morgan fingerprint density at radius 2 is 1.59 bits per heavy atom. The summed E-state index contributed by atoms with van der Waals surface area (Å²) in [5.41, 5.74) is 0.896. The average molecular weight is 519 g/mol. The fourth-order valence-electron chi connectivity index (χ4n) is 11.0. The second kappa shape index (κ2) is 9.80. The number of hydrogen-bond acceptors (Lipinski definition) is 5. The van der Waals surface area contributed by atoms with Crippen molar-refractivity contribution in [2.45, 2.75) is 111 Å². The van der Waals surface area contributed by atoms with Crippen LogP contribution < -0.4 is 0 Å². The van der Waals surface area contributed by atoms with E-state index in [9.17, 15) is 14.7 Å². The van der Waals surface area contributed by atoms with Gasteiger partial charge in [-0.3, -0.25) is 4.79 Å². The van der Waals surface area contributed by atoms with E-state index >= 15 is 0 Å². The standard InChI is InChI=1S/C26H42O2.C5H8O4/c1-17-7-5-12-23(2)18(17)11-14-25(4)21(23)10-9-19-20-8-6-13-26(20,22(27)28)16-15-24(19,25)3;6-1-5(7)9-3-4-2-8-4/h17-21H,5-16H2,1-4H3,(H,27,28);4,6H,1-3H2/t17?,18?,19?,20?,21?,23?,24-,25?,26?;/m1./s1. The first-order chi connectivity index (χ1) is 17.5. The fraction of sp³-hybridized carbons (Fsp3) is 0.935. The van der Waals surface area contributed by atoms with Gasteiger partial charge in [-0.25, -0.2) is 4.79 Å². The highest BCUT2D eigenvalue weighted by Crippen LogP contribution is 2.75. The van der Waals surface area contributed by atoms with E-state index < -0.39 is 18.5 Å². The van der Waals surface area contributed by atoms with Crippen molar-refractivity contribution >= 4 is 11.9 Å². The van der Waals surface area contributed by atoms with Gasteiger partial charge in [0.2, 0.25) is 0 Å². The van der Waals surface area contributed by atoms with Crippen LogP contribution >= 0.6 is 0 Å². The average Bonchev–Trinajstić information content (AvgIpc) is 3.59. The number of carbonyl (C=O) groups is 2. The predicted octanol–water partition coefficient (Wildman–Crippen LogP) is 5.85. The molecule has 6 fully saturated rings. The molecule has 37 heavy (non-hydrogen) atoms. The molecule has 0 aromatic carbocycles. The number of carboxylic acids is 1. The van der Waals surface area contributed by atoms with Crippen molar-refractivity contribution < 1.29 is 29.3 Å². The highest BCUT2D eigenvalue weighted by atomic mass is 16.6. The lowest BCUT2D eigenvalue weighted by molar-refractivity contribution is -0.227. The van der Waals surface area contributed by atoms with Gasteiger partial charge < -0.3 is 19.7 Å². The van der Waals surface area contributed by atoms with Gasteiger partial charge in [0.05, 0.1) is 12.0 Å². The van der Waals surface area contributed by atoms with Crippen molar-refractivity contribution in [3.05, 3.63) is 0 Å². The molecule has 1 saturated heterocycles. The third-order valence-corrected chi connectivity index (χ3v) is 13.1. The highest BCUT2D eigenvalue weighted by molar-refractivity contribution is 5.76. The quantitative estimate of drug-likeness (QED) is 0.358. The molecule has 0 aromatic rings. The Morgan fingerprint density at radius 1 is 0.865 bits per heavy atom. The SMILES string of the molecule is CC1CCCC2(C)C1CCC1(C)C2CCC2C3CCCC3(C(=O)O)CC[C@]21C.O=C(CO)OCC1CO1. The van der Waals surface area contributed by atoms with Crippen LogP contribution in [0.1, 0.15) is 105 Å². The van der Waals surface area contributed by atoms with Crippen molar-refractivity contribution in [2.24, 2.45) is 51.2 Å². The van der Waals surface area contributed by atoms with E-state index in [1.807, 2.05) is 0 Å². The Labute approximate surface area is 223 Å². The Bertz CT molecular complexity index is 885. The molecule has 10 atom stereocenters. The minimum absolute atomic E-state index is 0.0838. The Kier molecular flexibility index (Phi) is 7.26. The lowest BCUT2D eigenvalue weighted by Gasteiger charge is -2.71. The summed E-state index contributed by atoms with van der Waals surface area (Å²) in [6, 6.07) is 0. The number of aliphatic hydroxyl groups excluding tert-OH is 1. The van der Waals surface area contributed by atoms with Crippen molar-refractivity contribution in [1.82, 2.24) is 0 Å². The van der Waals surface area contributed by atoms with Crippen molar-refractivity contribution in [1.29, 1.82) is 0 Å². The van der Waals surface area contributed by atoms with E-state index in [2.05, 4.69) is 32.4 Å². The van der Waals surface area contributed by atoms with E-state index in [0.717, 1.165) is 43.4 Å². The highest BCUT2D eigenvalue weighted by Gasteiger charge is 2.69. The van der Waals surface area contributed by atoms with Gasteiger partial charge in [0.25, 0.3) is 0 Å². The molecule has 6 nitrogen and oxygen atoms in total. The molecule has 210 valence electrons. The smallest absolute Gasteiger partial charge is 0.331 e. The van der Waals surface area contributed by atoms with Gasteiger partial charge in [-0.05, 0) is 104 Å². The number of esters is 1. The zero-order chi connectivity index (χ0) is 26.6. The molecule has 0 amide bonds. The molecule has 0 spiro atoms. The van der Waals surface area contributed by atoms with E-state index in [0.29, 0.717) is 34.7 Å². The van der Waals surface area contributed by atoms with Gasteiger partial charge in [-0.15, -0.1) is 0 Å². The summed E-state index contributed by atoms with van der Waals surface area (Å²) < 4.78 is 9.25. The second-order valence-electron chi connectivity index (χ2n) is 14.3. The molecule has 1 heterocycles. The van der Waals surface area contributed by atoms with Gasteiger partial charge >= 0.3 is 11.9 Å². The van der Waals surface area contributed by atoms with E-state index in [-0.39, 0.29) is 18.1 Å². The molecule has 5 aliphatic carbocycles. The molecule has 6 rings (SSSR count). The summed E-state index contributed by atoms with van der Waals surface area (Å²) in [5, 5.41) is 18.3. The van der Waals surface area contributed by atoms with Gasteiger partial charge in [0, 0.05) is 0 Å². The van der Waals surface area contributed by atoms with Gasteiger partial charge in [0.15, 0.2) is 0 Å². The Hall–Kier alpha value is -1.14. The largest absolute Gasteiger partial charge is 0.481 e. The molecular formula is C31H50O6. The van der Waals surface area contributed by atoms with Crippen LogP contribution in [0.4, 0.5) is 0 Å². The molecule has 6 heteroatoms. The molecule has 0 radical (unpaired) electrons. The number of hydrogen-bond donors (Lipinski definition) is 2. The van der Waals surface area contributed by atoms with Crippen LogP contribution in [0.2, 0.25) is 0 Å². The number of fused-ring (bicyclic) bond motifs is 7. The number of carboxylic acid groups (broad SMARTS) is 1. The first kappa shape index (κ1) is 27.4. The normalized spacial score (nSPS) is 49.8. The third kappa shape index (κ3) is 4.27. The number of ether oxygens (including phenoxy) is 2. The number of carbonyl (C=O) groups excluding carboxylic acids is 1. The van der Waals surface area contributed by atoms with E-state index in [4.69, 9.17) is 9.84 Å². The van der Waals surface area contributed by atoms with Crippen LogP contribution in [0.3, 0.4) is 0 Å². The molecule has 0 bridgehead atoms. The lowest BCUT2D eigenvalue weighted by atomic mass is 9.33. The summed E-state index contributed by atoms with van der Waals surface area (Å²) in [4.78, 5) is 22.6. The number of aliphatic hydroxyl groups is 1. The molecule has 1 aliphatic heterocycles. The molecule has 5 saturated carbocycles. The van der Waals surface area contributed by atoms with Crippen LogP contribution in [0.15, 0.2) is 0 Å². The summed E-state index contributed by atoms with van der Waals surface area (Å²) >= 11 is 0. The number of aliphatic carboxylic acids is 1. The van der Waals surface area contributed by atoms with Crippen LogP contribution in [-0.4, -0.2) is 48.1 Å². The topological polar surface area (TPSA) is 96.4 Å². The van der Waals surface area contributed by atoms with Crippen molar-refractivity contribution in [3.63, 3.8) is 0 Å². The lowest BCUT2D eigenvalue weighted by Crippen LogP contribution is -2.64. The second-order valence-corrected chi connectivity index (χ2v) is 14.3. The zero-order valence-corrected chi connectivity index (χ0v) is 23.6. The first-order valence-electron chi connectivity index (χ1n) is 15.1. The van der Waals surface area contributed by atoms with E-state index in [1.54, 1.807) is 0 Å². The molecule has 0 aromatic heterocycles. The van der Waals surface area contributed by atoms with Crippen LogP contribution in [0.25, 0.3) is 0 Å². The number of rotatable bonds is 4. The van der Waals surface area contributed by atoms with Gasteiger partial charge in [-0.2, -0.15) is 0 Å². The Balaban J connectivity index is 0.000000265. The van der Waals surface area contributed by atoms with Crippen LogP contribution in [-0.2, 0) is 19.1 Å². The summed E-state index contributed by atoms with van der Waals surface area (Å²) in [5.74, 6) is 2.69. The van der Waals surface area contributed by atoms with Crippen molar-refractivity contribution in [2.75, 3.05) is 19.8 Å². The molecular weight excluding hydrogens is 468 g/mol. The molecule has 9 unspecified atom stereocenters. The molecule has 2 N–H and O–H groups in total. The zero-order valence-electron chi connectivity index (χ0n) is 23.6. The van der Waals surface area contributed by atoms with E-state index in [1.165, 1.54) is 51.4 Å². The van der Waals surface area contributed by atoms with Gasteiger partial charge in [0.1, 0.15) is 19.3 Å². The van der Waals surface area contributed by atoms with Crippen LogP contribution in [0, 0.1) is 51.2 Å². The molecule has 6 aliphatic rings. The monoisotopic (exact) mass is 518 g/mol.